The highest BCUT2D eigenvalue weighted by atomic mass is 16.1. The SMILES string of the molecule is C=C/C=N\c1c(C(N)=O)c(N)nn1C.CCc1nc2cccc(C#Cc3cnn(CCN(CC)CC)c3)c2c(=O)n1-c1ccccc1. The van der Waals surface area contributed by atoms with Crippen LogP contribution in [0.5, 0.6) is 0 Å². The van der Waals surface area contributed by atoms with Crippen molar-refractivity contribution in [2.45, 2.75) is 33.7 Å². The van der Waals surface area contributed by atoms with Gasteiger partial charge in [-0.3, -0.25) is 18.8 Å². The third-order valence-electron chi connectivity index (χ3n) is 7.40. The molecule has 47 heavy (non-hydrogen) atoms. The molecule has 0 aliphatic heterocycles. The number of carbonyl (C=O) groups is 1. The van der Waals surface area contributed by atoms with E-state index >= 15 is 0 Å². The highest BCUT2D eigenvalue weighted by Crippen LogP contribution is 2.23. The fourth-order valence-corrected chi connectivity index (χ4v) is 4.98. The smallest absolute Gasteiger partial charge is 0.267 e. The number of aliphatic imine (C=N–C) groups is 1. The van der Waals surface area contributed by atoms with E-state index in [9.17, 15) is 9.59 Å². The highest BCUT2D eigenvalue weighted by Gasteiger charge is 2.18. The molecule has 0 aliphatic rings. The number of carbonyl (C=O) groups excluding carboxylic acids is 1. The van der Waals surface area contributed by atoms with Crippen LogP contribution in [0.3, 0.4) is 0 Å². The predicted octanol–water partition coefficient (Wildman–Crippen LogP) is 3.88. The molecule has 0 spiro atoms. The average Bonchev–Trinajstić information content (AvgIpc) is 3.65. The third kappa shape index (κ3) is 8.08. The molecular weight excluding hydrogens is 592 g/mol. The van der Waals surface area contributed by atoms with Gasteiger partial charge in [0, 0.05) is 38.0 Å². The van der Waals surface area contributed by atoms with E-state index in [1.54, 1.807) is 17.8 Å². The van der Waals surface area contributed by atoms with Gasteiger partial charge in [0.15, 0.2) is 11.6 Å². The van der Waals surface area contributed by atoms with Crippen LogP contribution in [-0.4, -0.2) is 65.8 Å². The van der Waals surface area contributed by atoms with Gasteiger partial charge in [0.1, 0.15) is 11.4 Å². The van der Waals surface area contributed by atoms with Gasteiger partial charge >= 0.3 is 0 Å². The summed E-state index contributed by atoms with van der Waals surface area (Å²) in [6.45, 7) is 13.6. The molecule has 0 aliphatic carbocycles. The van der Waals surface area contributed by atoms with Crippen molar-refractivity contribution in [3.05, 3.63) is 106 Å². The molecule has 0 atom stereocenters. The Morgan fingerprint density at radius 2 is 1.83 bits per heavy atom. The highest BCUT2D eigenvalue weighted by molar-refractivity contribution is 6.02. The molecular formula is C35H40N10O2. The Kier molecular flexibility index (Phi) is 11.6. The summed E-state index contributed by atoms with van der Waals surface area (Å²) < 4.78 is 5.00. The number of nitrogen functional groups attached to an aromatic ring is 1. The molecule has 0 bridgehead atoms. The Hall–Kier alpha value is -5.80. The van der Waals surface area contributed by atoms with E-state index < -0.39 is 5.91 Å². The van der Waals surface area contributed by atoms with Crippen LogP contribution in [0, 0.1) is 11.8 Å². The number of anilines is 1. The molecule has 3 heterocycles. The first kappa shape index (κ1) is 34.1. The van der Waals surface area contributed by atoms with Gasteiger partial charge in [-0.15, -0.1) is 0 Å². The number of nitrogens with zero attached hydrogens (tertiary/aromatic N) is 8. The maximum atomic E-state index is 13.6. The van der Waals surface area contributed by atoms with Crippen LogP contribution in [0.1, 0.15) is 48.1 Å². The standard InChI is InChI=1S/C27H29N5O.C8H11N5O/c1-4-25-29-24-14-10-11-22(26(24)27(33)32(25)23-12-8-7-9-13-23)16-15-21-19-28-31(20-21)18-17-30(5-2)6-3;1-3-4-11-8-5(7(10)14)6(9)12-13(8)2/h7-14,19-20H,4-6,17-18H2,1-3H3;3-4H,1H2,2H3,(H2,9,12)(H2,10,14)/b;11-4-. The van der Waals surface area contributed by atoms with E-state index in [2.05, 4.69) is 52.4 Å². The van der Waals surface area contributed by atoms with Gasteiger partial charge in [0.2, 0.25) is 0 Å². The number of nitrogens with two attached hydrogens (primary N) is 2. The van der Waals surface area contributed by atoms with Crippen molar-refractivity contribution < 1.29 is 4.79 Å². The Morgan fingerprint density at radius 1 is 1.09 bits per heavy atom. The summed E-state index contributed by atoms with van der Waals surface area (Å²) in [7, 11) is 1.62. The number of benzene rings is 2. The lowest BCUT2D eigenvalue weighted by Crippen LogP contribution is -2.27. The van der Waals surface area contributed by atoms with Gasteiger partial charge in [0.05, 0.1) is 34.9 Å². The van der Waals surface area contributed by atoms with Crippen molar-refractivity contribution in [3.8, 4) is 17.5 Å². The number of likely N-dealkylation sites (N-methyl/N-ethyl adjacent to an activating group) is 1. The average molecular weight is 633 g/mol. The van der Waals surface area contributed by atoms with Crippen LogP contribution in [0.4, 0.5) is 11.6 Å². The second kappa shape index (κ2) is 16.0. The van der Waals surface area contributed by atoms with Crippen LogP contribution >= 0.6 is 0 Å². The van der Waals surface area contributed by atoms with E-state index in [0.29, 0.717) is 28.7 Å². The van der Waals surface area contributed by atoms with Crippen LogP contribution < -0.4 is 17.0 Å². The number of hydrogen-bond donors (Lipinski definition) is 2. The van der Waals surface area contributed by atoms with Crippen molar-refractivity contribution in [2.75, 3.05) is 25.4 Å². The van der Waals surface area contributed by atoms with Crippen LogP contribution in [0.2, 0.25) is 0 Å². The van der Waals surface area contributed by atoms with Gasteiger partial charge in [-0.25, -0.2) is 14.7 Å². The van der Waals surface area contributed by atoms with Crippen molar-refractivity contribution in [1.29, 1.82) is 0 Å². The normalized spacial score (nSPS) is 10.9. The fraction of sp³-hybridized carbons (Fsp3) is 0.257. The molecule has 0 saturated heterocycles. The number of para-hydroxylation sites is 1. The van der Waals surface area contributed by atoms with Crippen molar-refractivity contribution in [3.63, 3.8) is 0 Å². The molecule has 5 aromatic rings. The molecule has 3 aromatic heterocycles. The second-order valence-corrected chi connectivity index (χ2v) is 10.4. The molecule has 5 rings (SSSR count). The summed E-state index contributed by atoms with van der Waals surface area (Å²) in [5.41, 5.74) is 13.6. The van der Waals surface area contributed by atoms with E-state index in [1.165, 1.54) is 17.0 Å². The fourth-order valence-electron chi connectivity index (χ4n) is 4.98. The molecule has 12 heteroatoms. The van der Waals surface area contributed by atoms with Gasteiger partial charge in [0.25, 0.3) is 11.5 Å². The number of aryl methyl sites for hydroxylation is 2. The summed E-state index contributed by atoms with van der Waals surface area (Å²) in [6.07, 6.45) is 7.30. The summed E-state index contributed by atoms with van der Waals surface area (Å²) in [6, 6.07) is 15.3. The molecule has 0 radical (unpaired) electrons. The monoisotopic (exact) mass is 632 g/mol. The van der Waals surface area contributed by atoms with E-state index in [-0.39, 0.29) is 16.9 Å². The predicted molar refractivity (Wildman–Crippen MR) is 187 cm³/mol. The van der Waals surface area contributed by atoms with Gasteiger partial charge in [-0.2, -0.15) is 10.2 Å². The van der Waals surface area contributed by atoms with E-state index in [4.69, 9.17) is 16.5 Å². The maximum absolute atomic E-state index is 13.6. The zero-order valence-corrected chi connectivity index (χ0v) is 27.2. The Labute approximate surface area is 274 Å². The van der Waals surface area contributed by atoms with Gasteiger partial charge in [-0.1, -0.05) is 69.5 Å². The molecule has 0 saturated carbocycles. The number of primary amides is 1. The Balaban J connectivity index is 0.000000300. The summed E-state index contributed by atoms with van der Waals surface area (Å²) in [5, 5.41) is 8.81. The largest absolute Gasteiger partial charge is 0.381 e. The molecule has 0 unspecified atom stereocenters. The van der Waals surface area contributed by atoms with Gasteiger partial charge in [-0.05, 0) is 37.4 Å². The maximum Gasteiger partial charge on any atom is 0.267 e. The van der Waals surface area contributed by atoms with E-state index in [1.807, 2.05) is 66.3 Å². The van der Waals surface area contributed by atoms with Crippen molar-refractivity contribution >= 4 is 34.7 Å². The number of fused-ring (bicyclic) bond motifs is 1. The first-order valence-corrected chi connectivity index (χ1v) is 15.4. The zero-order chi connectivity index (χ0) is 33.9. The minimum Gasteiger partial charge on any atom is -0.381 e. The summed E-state index contributed by atoms with van der Waals surface area (Å²) in [5.74, 6) is 6.87. The number of allylic oxidation sites excluding steroid dienone is 1. The lowest BCUT2D eigenvalue weighted by molar-refractivity contribution is 0.100. The molecule has 2 aromatic carbocycles. The number of rotatable bonds is 10. The van der Waals surface area contributed by atoms with Crippen molar-refractivity contribution in [1.82, 2.24) is 34.0 Å². The minimum atomic E-state index is -0.646. The Bertz CT molecular complexity index is 2010. The van der Waals surface area contributed by atoms with Gasteiger partial charge < -0.3 is 16.4 Å². The topological polar surface area (TPSA) is 155 Å². The molecule has 12 nitrogen and oxygen atoms in total. The Morgan fingerprint density at radius 3 is 2.49 bits per heavy atom. The molecule has 0 fully saturated rings. The van der Waals surface area contributed by atoms with E-state index in [0.717, 1.165) is 43.3 Å². The first-order valence-electron chi connectivity index (χ1n) is 15.4. The van der Waals surface area contributed by atoms with Crippen molar-refractivity contribution in [2.24, 2.45) is 17.8 Å². The quantitative estimate of drug-likeness (QED) is 0.175. The summed E-state index contributed by atoms with van der Waals surface area (Å²) >= 11 is 0. The number of amides is 1. The third-order valence-corrected chi connectivity index (χ3v) is 7.40. The number of hydrogen-bond acceptors (Lipinski definition) is 8. The molecule has 1 amide bonds. The molecule has 242 valence electrons. The number of aromatic nitrogens is 6. The molecule has 4 N–H and O–H groups in total. The van der Waals surface area contributed by atoms with Crippen LogP contribution in [0.15, 0.2) is 83.4 Å². The lowest BCUT2D eigenvalue weighted by Gasteiger charge is -2.17. The lowest BCUT2D eigenvalue weighted by atomic mass is 10.1. The van der Waals surface area contributed by atoms with Crippen LogP contribution in [0.25, 0.3) is 16.6 Å². The second-order valence-electron chi connectivity index (χ2n) is 10.4. The first-order chi connectivity index (χ1) is 22.7. The zero-order valence-electron chi connectivity index (χ0n) is 27.2. The minimum absolute atomic E-state index is 0.0798. The summed E-state index contributed by atoms with van der Waals surface area (Å²) in [4.78, 5) is 35.7. The van der Waals surface area contributed by atoms with Crippen LogP contribution in [-0.2, 0) is 20.0 Å².